The van der Waals surface area contributed by atoms with E-state index < -0.39 is 6.16 Å². The summed E-state index contributed by atoms with van der Waals surface area (Å²) in [5.41, 5.74) is 0. The first-order valence-electron chi connectivity index (χ1n) is 10.1. The Balaban J connectivity index is -0.000000338. The molecular formula is C21H44N2O3. The molecule has 0 atom stereocenters. The summed E-state index contributed by atoms with van der Waals surface area (Å²) in [5, 5.41) is 13.9. The molecule has 0 heterocycles. The highest BCUT2D eigenvalue weighted by Crippen LogP contribution is 1.99. The minimum atomic E-state index is -1.83. The molecule has 5 nitrogen and oxygen atoms in total. The summed E-state index contributed by atoms with van der Waals surface area (Å²) >= 11 is 0. The van der Waals surface area contributed by atoms with Gasteiger partial charge in [-0.25, -0.2) is 4.79 Å². The first-order chi connectivity index (χ1) is 12.4. The average molecular weight is 373 g/mol. The molecule has 0 rings (SSSR count). The zero-order chi connectivity index (χ0) is 20.6. The minimum Gasteiger partial charge on any atom is -0.450 e. The van der Waals surface area contributed by atoms with Gasteiger partial charge in [0.25, 0.3) is 0 Å². The third kappa shape index (κ3) is 30.3. The van der Waals surface area contributed by atoms with Gasteiger partial charge in [0.15, 0.2) is 0 Å². The van der Waals surface area contributed by atoms with Crippen LogP contribution in [0.1, 0.15) is 79.1 Å². The van der Waals surface area contributed by atoms with E-state index in [2.05, 4.69) is 50.7 Å². The fraction of sp³-hybridized carbons (Fsp3) is 0.762. The molecule has 0 aliphatic carbocycles. The van der Waals surface area contributed by atoms with E-state index in [0.717, 1.165) is 0 Å². The van der Waals surface area contributed by atoms with Crippen molar-refractivity contribution >= 4 is 6.16 Å². The Labute approximate surface area is 162 Å². The Morgan fingerprint density at radius 2 is 0.885 bits per heavy atom. The molecule has 0 radical (unpaired) electrons. The van der Waals surface area contributed by atoms with Gasteiger partial charge < -0.3 is 20.0 Å². The second kappa shape index (κ2) is 25.6. The van der Waals surface area contributed by atoms with Crippen molar-refractivity contribution in [1.82, 2.24) is 9.80 Å². The first kappa shape index (κ1) is 29.1. The molecule has 26 heavy (non-hydrogen) atoms. The number of hydrogen-bond donors (Lipinski definition) is 2. The van der Waals surface area contributed by atoms with Crippen LogP contribution in [-0.4, -0.2) is 52.3 Å². The quantitative estimate of drug-likeness (QED) is 0.375. The van der Waals surface area contributed by atoms with Gasteiger partial charge in [0.1, 0.15) is 0 Å². The Morgan fingerprint density at radius 1 is 0.692 bits per heavy atom. The highest BCUT2D eigenvalue weighted by Gasteiger charge is 1.95. The van der Waals surface area contributed by atoms with Crippen LogP contribution in [0.3, 0.4) is 0 Å². The van der Waals surface area contributed by atoms with Crippen LogP contribution in [-0.2, 0) is 0 Å². The van der Waals surface area contributed by atoms with Crippen LogP contribution in [0.15, 0.2) is 25.6 Å². The number of carboxylic acid groups (broad SMARTS) is 2. The van der Waals surface area contributed by atoms with Crippen molar-refractivity contribution in [1.29, 1.82) is 0 Å². The van der Waals surface area contributed by atoms with Gasteiger partial charge in [-0.15, -0.1) is 0 Å². The van der Waals surface area contributed by atoms with Crippen molar-refractivity contribution < 1.29 is 15.0 Å². The Kier molecular flexibility index (Phi) is 28.7. The molecule has 0 aromatic heterocycles. The van der Waals surface area contributed by atoms with Crippen molar-refractivity contribution in [2.75, 3.05) is 26.2 Å². The molecule has 2 N–H and O–H groups in total. The van der Waals surface area contributed by atoms with E-state index in [1.54, 1.807) is 0 Å². The van der Waals surface area contributed by atoms with Crippen LogP contribution < -0.4 is 0 Å². The highest BCUT2D eigenvalue weighted by molar-refractivity contribution is 5.53. The largest absolute Gasteiger partial charge is 0.503 e. The van der Waals surface area contributed by atoms with Gasteiger partial charge in [0, 0.05) is 26.2 Å². The fourth-order valence-corrected chi connectivity index (χ4v) is 2.03. The normalized spacial score (nSPS) is 9.08. The molecule has 0 amide bonds. The molecule has 5 heteroatoms. The van der Waals surface area contributed by atoms with Crippen molar-refractivity contribution in [3.63, 3.8) is 0 Å². The molecule has 0 aliphatic heterocycles. The van der Waals surface area contributed by atoms with Crippen LogP contribution in [0.25, 0.3) is 0 Å². The molecule has 0 aromatic rings. The highest BCUT2D eigenvalue weighted by atomic mass is 16.6. The molecule has 0 spiro atoms. The van der Waals surface area contributed by atoms with E-state index in [1.165, 1.54) is 77.5 Å². The van der Waals surface area contributed by atoms with E-state index >= 15 is 0 Å². The number of rotatable bonds is 14. The second-order valence-electron chi connectivity index (χ2n) is 6.13. The predicted molar refractivity (Wildman–Crippen MR) is 114 cm³/mol. The maximum Gasteiger partial charge on any atom is 0.503 e. The summed E-state index contributed by atoms with van der Waals surface area (Å²) in [6.45, 7) is 21.2. The topological polar surface area (TPSA) is 64.0 Å². The van der Waals surface area contributed by atoms with E-state index in [1.807, 2.05) is 12.4 Å². The van der Waals surface area contributed by atoms with Crippen molar-refractivity contribution in [3.05, 3.63) is 25.6 Å². The Bertz CT molecular complexity index is 266. The second-order valence-corrected chi connectivity index (χ2v) is 6.13. The molecule has 0 aliphatic rings. The third-order valence-electron chi connectivity index (χ3n) is 3.71. The number of unbranched alkanes of at least 4 members (excludes halogenated alkanes) is 4. The van der Waals surface area contributed by atoms with Crippen LogP contribution in [0.4, 0.5) is 4.79 Å². The lowest BCUT2D eigenvalue weighted by Crippen LogP contribution is -2.19. The van der Waals surface area contributed by atoms with Gasteiger partial charge in [-0.3, -0.25) is 0 Å². The first-order valence-corrected chi connectivity index (χ1v) is 10.1. The molecular weight excluding hydrogens is 328 g/mol. The smallest absolute Gasteiger partial charge is 0.450 e. The lowest BCUT2D eigenvalue weighted by atomic mass is 10.3. The van der Waals surface area contributed by atoms with Crippen molar-refractivity contribution in [2.45, 2.75) is 79.1 Å². The summed E-state index contributed by atoms with van der Waals surface area (Å²) in [7, 11) is 0. The Morgan fingerprint density at radius 3 is 1.00 bits per heavy atom. The summed E-state index contributed by atoms with van der Waals surface area (Å²) in [6, 6.07) is 0. The zero-order valence-electron chi connectivity index (χ0n) is 17.8. The maximum atomic E-state index is 8.56. The van der Waals surface area contributed by atoms with Crippen LogP contribution in [0.5, 0.6) is 0 Å². The van der Waals surface area contributed by atoms with Gasteiger partial charge >= 0.3 is 6.16 Å². The lowest BCUT2D eigenvalue weighted by Gasteiger charge is -2.18. The summed E-state index contributed by atoms with van der Waals surface area (Å²) in [5.74, 6) is 0. The van der Waals surface area contributed by atoms with Crippen LogP contribution in [0.2, 0.25) is 0 Å². The summed E-state index contributed by atoms with van der Waals surface area (Å²) in [6.07, 6.45) is 12.3. The lowest BCUT2D eigenvalue weighted by molar-refractivity contribution is 0.137. The van der Waals surface area contributed by atoms with Gasteiger partial charge in [0.05, 0.1) is 0 Å². The fourth-order valence-electron chi connectivity index (χ4n) is 2.03. The van der Waals surface area contributed by atoms with E-state index in [-0.39, 0.29) is 0 Å². The molecule has 0 unspecified atom stereocenters. The van der Waals surface area contributed by atoms with Gasteiger partial charge in [0.2, 0.25) is 0 Å². The number of hydrogen-bond acceptors (Lipinski definition) is 3. The molecule has 0 saturated carbocycles. The van der Waals surface area contributed by atoms with E-state index in [0.29, 0.717) is 0 Å². The summed E-state index contributed by atoms with van der Waals surface area (Å²) in [4.78, 5) is 13.2. The summed E-state index contributed by atoms with van der Waals surface area (Å²) < 4.78 is 0. The standard InChI is InChI=1S/2C10H21N.CH2O3/c2*1-4-7-9-11(6-3)10-8-5-2;2-1(3)4/h2*6H,3-5,7-10H2,1-2H3;(H2,2,3,4). The van der Waals surface area contributed by atoms with Gasteiger partial charge in [-0.1, -0.05) is 66.5 Å². The predicted octanol–water partition coefficient (Wildman–Crippen LogP) is 6.29. The van der Waals surface area contributed by atoms with E-state index in [9.17, 15) is 0 Å². The maximum absolute atomic E-state index is 8.56. The molecule has 0 bridgehead atoms. The molecule has 0 aromatic carbocycles. The van der Waals surface area contributed by atoms with E-state index in [4.69, 9.17) is 15.0 Å². The number of nitrogens with zero attached hydrogens (tertiary/aromatic N) is 2. The number of carbonyl (C=O) groups is 1. The SMILES string of the molecule is C=CN(CCCC)CCCC.C=CN(CCCC)CCCC.O=C(O)O. The zero-order valence-corrected chi connectivity index (χ0v) is 17.8. The molecule has 156 valence electrons. The molecule has 0 fully saturated rings. The van der Waals surface area contributed by atoms with Gasteiger partial charge in [-0.05, 0) is 38.1 Å². The van der Waals surface area contributed by atoms with Gasteiger partial charge in [-0.2, -0.15) is 0 Å². The Hall–Kier alpha value is -1.65. The van der Waals surface area contributed by atoms with Crippen LogP contribution in [0, 0.1) is 0 Å². The minimum absolute atomic E-state index is 1.18. The average Bonchev–Trinajstić information content (AvgIpc) is 2.62. The van der Waals surface area contributed by atoms with Crippen molar-refractivity contribution in [2.24, 2.45) is 0 Å². The van der Waals surface area contributed by atoms with Crippen LogP contribution >= 0.6 is 0 Å². The third-order valence-corrected chi connectivity index (χ3v) is 3.71. The molecule has 0 saturated heterocycles. The van der Waals surface area contributed by atoms with Crippen molar-refractivity contribution in [3.8, 4) is 0 Å². The monoisotopic (exact) mass is 372 g/mol.